The van der Waals surface area contributed by atoms with Crippen molar-refractivity contribution in [2.45, 2.75) is 33.7 Å². The van der Waals surface area contributed by atoms with E-state index in [1.54, 1.807) is 0 Å². The first-order chi connectivity index (χ1) is 12.5. The molecule has 2 amide bonds. The molecule has 2 aromatic rings. The topological polar surface area (TPSA) is 68.4 Å². The average molecular weight is 356 g/mol. The summed E-state index contributed by atoms with van der Waals surface area (Å²) in [6, 6.07) is 6.22. The summed E-state index contributed by atoms with van der Waals surface area (Å²) in [5.74, 6) is 0. The van der Waals surface area contributed by atoms with E-state index in [0.717, 1.165) is 41.5 Å². The molecule has 0 unspecified atom stereocenters. The first kappa shape index (κ1) is 18.5. The number of carbonyl (C=O) groups is 1. The van der Waals surface area contributed by atoms with Gasteiger partial charge in [-0.2, -0.15) is 0 Å². The number of hydrogen-bond acceptors (Lipinski definition) is 3. The van der Waals surface area contributed by atoms with E-state index < -0.39 is 0 Å². The second-order valence-electron chi connectivity index (χ2n) is 7.16. The SMILES string of the molecule is CCCNC(=O)N1CCN(Cc2cc3cc(C)cc(C)c3[nH]c2=O)CC1. The number of carbonyl (C=O) groups excluding carboxylic acids is 1. The molecule has 1 aromatic heterocycles. The number of rotatable bonds is 4. The van der Waals surface area contributed by atoms with E-state index in [1.165, 1.54) is 5.56 Å². The lowest BCUT2D eigenvalue weighted by atomic mass is 10.1. The van der Waals surface area contributed by atoms with Crippen LogP contribution in [0.5, 0.6) is 0 Å². The Morgan fingerprint density at radius 1 is 1.15 bits per heavy atom. The second-order valence-corrected chi connectivity index (χ2v) is 7.16. The minimum Gasteiger partial charge on any atom is -0.338 e. The molecular weight excluding hydrogens is 328 g/mol. The number of aromatic nitrogens is 1. The zero-order chi connectivity index (χ0) is 18.7. The average Bonchev–Trinajstić information content (AvgIpc) is 2.61. The van der Waals surface area contributed by atoms with Crippen molar-refractivity contribution in [1.82, 2.24) is 20.1 Å². The second kappa shape index (κ2) is 7.91. The van der Waals surface area contributed by atoms with Gasteiger partial charge in [0.1, 0.15) is 0 Å². The Morgan fingerprint density at radius 2 is 1.88 bits per heavy atom. The number of urea groups is 1. The van der Waals surface area contributed by atoms with Gasteiger partial charge in [0.15, 0.2) is 0 Å². The molecule has 0 radical (unpaired) electrons. The standard InChI is InChI=1S/C20H28N4O2/c1-4-5-21-20(26)24-8-6-23(7-9-24)13-17-12-16-11-14(2)10-15(3)18(16)22-19(17)25/h10-12H,4-9,13H2,1-3H3,(H,21,26)(H,22,25). The molecule has 140 valence electrons. The van der Waals surface area contributed by atoms with Gasteiger partial charge in [-0.1, -0.05) is 18.6 Å². The lowest BCUT2D eigenvalue weighted by molar-refractivity contribution is 0.135. The summed E-state index contributed by atoms with van der Waals surface area (Å²) >= 11 is 0. The van der Waals surface area contributed by atoms with Crippen molar-refractivity contribution >= 4 is 16.9 Å². The third-order valence-electron chi connectivity index (χ3n) is 4.95. The molecule has 2 heterocycles. The van der Waals surface area contributed by atoms with E-state index in [2.05, 4.69) is 34.3 Å². The van der Waals surface area contributed by atoms with Crippen molar-refractivity contribution in [3.63, 3.8) is 0 Å². The Balaban J connectivity index is 1.68. The number of nitrogens with zero attached hydrogens (tertiary/aromatic N) is 2. The van der Waals surface area contributed by atoms with Gasteiger partial charge >= 0.3 is 6.03 Å². The van der Waals surface area contributed by atoms with Gasteiger partial charge in [-0.05, 0) is 43.4 Å². The first-order valence-corrected chi connectivity index (χ1v) is 9.36. The molecule has 2 N–H and O–H groups in total. The number of aromatic amines is 1. The van der Waals surface area contributed by atoms with Gasteiger partial charge in [0.2, 0.25) is 0 Å². The van der Waals surface area contributed by atoms with E-state index in [-0.39, 0.29) is 11.6 Å². The quantitative estimate of drug-likeness (QED) is 0.884. The number of pyridine rings is 1. The third-order valence-corrected chi connectivity index (χ3v) is 4.95. The number of fused-ring (bicyclic) bond motifs is 1. The van der Waals surface area contributed by atoms with Crippen molar-refractivity contribution in [2.75, 3.05) is 32.7 Å². The Labute approximate surface area is 154 Å². The summed E-state index contributed by atoms with van der Waals surface area (Å²) in [5, 5.41) is 4.00. The minimum absolute atomic E-state index is 0.0148. The number of hydrogen-bond donors (Lipinski definition) is 2. The predicted molar refractivity (Wildman–Crippen MR) is 105 cm³/mol. The molecule has 0 aliphatic carbocycles. The number of piperazine rings is 1. The largest absolute Gasteiger partial charge is 0.338 e. The molecule has 1 aliphatic heterocycles. The van der Waals surface area contributed by atoms with Gasteiger partial charge in [0.05, 0.1) is 5.52 Å². The summed E-state index contributed by atoms with van der Waals surface area (Å²) in [4.78, 5) is 31.6. The highest BCUT2D eigenvalue weighted by molar-refractivity contribution is 5.82. The van der Waals surface area contributed by atoms with Crippen LogP contribution in [0, 0.1) is 13.8 Å². The van der Waals surface area contributed by atoms with Crippen LogP contribution in [0.1, 0.15) is 30.0 Å². The Kier molecular flexibility index (Phi) is 5.61. The molecule has 1 saturated heterocycles. The van der Waals surface area contributed by atoms with Crippen LogP contribution >= 0.6 is 0 Å². The molecule has 1 fully saturated rings. The lowest BCUT2D eigenvalue weighted by Gasteiger charge is -2.34. The van der Waals surface area contributed by atoms with Crippen LogP contribution in [0.2, 0.25) is 0 Å². The highest BCUT2D eigenvalue weighted by Gasteiger charge is 2.21. The van der Waals surface area contributed by atoms with Crippen molar-refractivity contribution in [3.8, 4) is 0 Å². The van der Waals surface area contributed by atoms with Gasteiger partial charge in [0, 0.05) is 44.8 Å². The number of amides is 2. The molecule has 0 spiro atoms. The highest BCUT2D eigenvalue weighted by atomic mass is 16.2. The Morgan fingerprint density at radius 3 is 2.58 bits per heavy atom. The summed E-state index contributed by atoms with van der Waals surface area (Å²) in [5.41, 5.74) is 3.97. The molecule has 0 bridgehead atoms. The van der Waals surface area contributed by atoms with Crippen LogP contribution in [-0.4, -0.2) is 53.5 Å². The molecule has 0 saturated carbocycles. The van der Waals surface area contributed by atoms with Crippen molar-refractivity contribution in [1.29, 1.82) is 0 Å². The maximum atomic E-state index is 12.5. The summed E-state index contributed by atoms with van der Waals surface area (Å²) < 4.78 is 0. The number of nitrogens with one attached hydrogen (secondary N) is 2. The first-order valence-electron chi connectivity index (χ1n) is 9.36. The van der Waals surface area contributed by atoms with E-state index in [0.29, 0.717) is 26.2 Å². The fourth-order valence-corrected chi connectivity index (χ4v) is 3.54. The van der Waals surface area contributed by atoms with Crippen molar-refractivity contribution in [2.24, 2.45) is 0 Å². The smallest absolute Gasteiger partial charge is 0.317 e. The van der Waals surface area contributed by atoms with Crippen LogP contribution in [-0.2, 0) is 6.54 Å². The third kappa shape index (κ3) is 4.07. The van der Waals surface area contributed by atoms with E-state index in [4.69, 9.17) is 0 Å². The molecular formula is C20H28N4O2. The van der Waals surface area contributed by atoms with Gasteiger partial charge in [-0.25, -0.2) is 4.79 Å². The fourth-order valence-electron chi connectivity index (χ4n) is 3.54. The molecule has 1 aromatic carbocycles. The number of aryl methyl sites for hydroxylation is 2. The molecule has 6 nitrogen and oxygen atoms in total. The van der Waals surface area contributed by atoms with Crippen LogP contribution in [0.25, 0.3) is 10.9 Å². The minimum atomic E-state index is -0.0208. The molecule has 0 atom stereocenters. The summed E-state index contributed by atoms with van der Waals surface area (Å²) in [6.07, 6.45) is 0.940. The zero-order valence-corrected chi connectivity index (χ0v) is 15.9. The van der Waals surface area contributed by atoms with Gasteiger partial charge in [-0.15, -0.1) is 0 Å². The Bertz CT molecular complexity index is 851. The van der Waals surface area contributed by atoms with Gasteiger partial charge in [0.25, 0.3) is 5.56 Å². The molecule has 26 heavy (non-hydrogen) atoms. The predicted octanol–water partition coefficient (Wildman–Crippen LogP) is 2.38. The van der Waals surface area contributed by atoms with Crippen molar-refractivity contribution < 1.29 is 4.79 Å². The van der Waals surface area contributed by atoms with Crippen LogP contribution < -0.4 is 10.9 Å². The summed E-state index contributed by atoms with van der Waals surface area (Å²) in [7, 11) is 0. The molecule has 3 rings (SSSR count). The maximum absolute atomic E-state index is 12.5. The Hall–Kier alpha value is -2.34. The number of H-pyrrole nitrogens is 1. The highest BCUT2D eigenvalue weighted by Crippen LogP contribution is 2.18. The van der Waals surface area contributed by atoms with E-state index in [1.807, 2.05) is 24.8 Å². The van der Waals surface area contributed by atoms with E-state index >= 15 is 0 Å². The van der Waals surface area contributed by atoms with Gasteiger partial charge in [-0.3, -0.25) is 9.69 Å². The number of benzene rings is 1. The molecule has 6 heteroatoms. The van der Waals surface area contributed by atoms with Crippen LogP contribution in [0.4, 0.5) is 4.79 Å². The van der Waals surface area contributed by atoms with Crippen LogP contribution in [0.15, 0.2) is 23.0 Å². The van der Waals surface area contributed by atoms with Gasteiger partial charge < -0.3 is 15.2 Å². The van der Waals surface area contributed by atoms with Crippen molar-refractivity contribution in [3.05, 3.63) is 45.2 Å². The summed E-state index contributed by atoms with van der Waals surface area (Å²) in [6.45, 7) is 10.4. The monoisotopic (exact) mass is 356 g/mol. The lowest BCUT2D eigenvalue weighted by Crippen LogP contribution is -2.51. The van der Waals surface area contributed by atoms with Crippen LogP contribution in [0.3, 0.4) is 0 Å². The maximum Gasteiger partial charge on any atom is 0.317 e. The fraction of sp³-hybridized carbons (Fsp3) is 0.500. The molecule has 1 aliphatic rings. The van der Waals surface area contributed by atoms with E-state index in [9.17, 15) is 9.59 Å². The zero-order valence-electron chi connectivity index (χ0n) is 15.9. The normalized spacial score (nSPS) is 15.4.